The summed E-state index contributed by atoms with van der Waals surface area (Å²) in [5, 5.41) is 19.5. The Morgan fingerprint density at radius 2 is 2.16 bits per heavy atom. The highest BCUT2D eigenvalue weighted by Crippen LogP contribution is 2.22. The molecule has 0 amide bonds. The van der Waals surface area contributed by atoms with Gasteiger partial charge in [-0.1, -0.05) is 30.3 Å². The van der Waals surface area contributed by atoms with E-state index in [0.717, 1.165) is 5.56 Å². The molecule has 2 N–H and O–H groups in total. The first kappa shape index (κ1) is 14.0. The van der Waals surface area contributed by atoms with Gasteiger partial charge in [0, 0.05) is 19.6 Å². The zero-order chi connectivity index (χ0) is 13.9. The summed E-state index contributed by atoms with van der Waals surface area (Å²) in [7, 11) is 0. The molecule has 1 aromatic rings. The molecule has 1 heterocycles. The summed E-state index contributed by atoms with van der Waals surface area (Å²) in [6, 6.07) is 9.39. The number of ether oxygens (including phenoxy) is 1. The Kier molecular flexibility index (Phi) is 4.19. The van der Waals surface area contributed by atoms with Gasteiger partial charge in [0.1, 0.15) is 0 Å². The van der Waals surface area contributed by atoms with Crippen LogP contribution in [0.25, 0.3) is 0 Å². The summed E-state index contributed by atoms with van der Waals surface area (Å²) in [5.74, 6) is -0.955. The number of carboxylic acid groups (broad SMARTS) is 1. The topological polar surface area (TPSA) is 70.0 Å². The van der Waals surface area contributed by atoms with Crippen molar-refractivity contribution in [2.24, 2.45) is 0 Å². The van der Waals surface area contributed by atoms with Gasteiger partial charge in [-0.2, -0.15) is 0 Å². The van der Waals surface area contributed by atoms with Crippen molar-refractivity contribution >= 4 is 5.97 Å². The number of carbonyl (C=O) groups is 1. The van der Waals surface area contributed by atoms with Crippen LogP contribution in [0.3, 0.4) is 0 Å². The largest absolute Gasteiger partial charge is 0.479 e. The molecule has 5 heteroatoms. The molecule has 1 saturated heterocycles. The van der Waals surface area contributed by atoms with Crippen LogP contribution in [0.5, 0.6) is 0 Å². The van der Waals surface area contributed by atoms with Crippen molar-refractivity contribution < 1.29 is 19.7 Å². The molecule has 104 valence electrons. The molecule has 0 aliphatic carbocycles. The van der Waals surface area contributed by atoms with E-state index in [4.69, 9.17) is 9.84 Å². The van der Waals surface area contributed by atoms with E-state index in [1.165, 1.54) is 0 Å². The highest BCUT2D eigenvalue weighted by Gasteiger charge is 2.31. The summed E-state index contributed by atoms with van der Waals surface area (Å²) >= 11 is 0. The molecular weight excluding hydrogens is 246 g/mol. The molecule has 0 saturated carbocycles. The number of nitrogens with zero attached hydrogens (tertiary/aromatic N) is 1. The first-order chi connectivity index (χ1) is 8.99. The molecular formula is C14H19NO4. The maximum absolute atomic E-state index is 10.9. The molecule has 1 aliphatic rings. The van der Waals surface area contributed by atoms with Crippen molar-refractivity contribution in [3.8, 4) is 0 Å². The monoisotopic (exact) mass is 265 g/mol. The molecule has 0 spiro atoms. The Morgan fingerprint density at radius 1 is 1.47 bits per heavy atom. The molecule has 0 bridgehead atoms. The fourth-order valence-electron chi connectivity index (χ4n) is 2.32. The second kappa shape index (κ2) is 5.69. The summed E-state index contributed by atoms with van der Waals surface area (Å²) in [5.41, 5.74) is -0.171. The van der Waals surface area contributed by atoms with Crippen molar-refractivity contribution in [1.82, 2.24) is 4.90 Å². The molecule has 2 rings (SSSR count). The number of β-amino-alcohol motifs (C(OH)–C–C–N with tert-alkyl or cyclic N) is 1. The van der Waals surface area contributed by atoms with Gasteiger partial charge >= 0.3 is 5.97 Å². The first-order valence-corrected chi connectivity index (χ1v) is 6.34. The van der Waals surface area contributed by atoms with E-state index in [2.05, 4.69) is 0 Å². The molecule has 19 heavy (non-hydrogen) atoms. The van der Waals surface area contributed by atoms with Crippen molar-refractivity contribution in [3.05, 3.63) is 35.9 Å². The number of aliphatic hydroxyl groups is 1. The number of aliphatic carboxylic acids is 1. The highest BCUT2D eigenvalue weighted by atomic mass is 16.5. The van der Waals surface area contributed by atoms with E-state index in [9.17, 15) is 9.90 Å². The molecule has 1 fully saturated rings. The van der Waals surface area contributed by atoms with Gasteiger partial charge in [-0.15, -0.1) is 0 Å². The molecule has 2 unspecified atom stereocenters. The average Bonchev–Trinajstić information content (AvgIpc) is 2.39. The van der Waals surface area contributed by atoms with Gasteiger partial charge in [0.05, 0.1) is 12.2 Å². The lowest BCUT2D eigenvalue weighted by Gasteiger charge is -2.36. The second-order valence-corrected chi connectivity index (χ2v) is 5.07. The number of benzene rings is 1. The summed E-state index contributed by atoms with van der Waals surface area (Å²) in [6.45, 7) is 3.45. The number of rotatable bonds is 4. The summed E-state index contributed by atoms with van der Waals surface area (Å²) in [4.78, 5) is 12.8. The maximum atomic E-state index is 10.9. The Balaban J connectivity index is 2.02. The summed E-state index contributed by atoms with van der Waals surface area (Å²) < 4.78 is 5.17. The van der Waals surface area contributed by atoms with Crippen molar-refractivity contribution in [2.45, 2.75) is 18.6 Å². The lowest BCUT2D eigenvalue weighted by Crippen LogP contribution is -2.50. The minimum Gasteiger partial charge on any atom is -0.479 e. The molecule has 5 nitrogen and oxygen atoms in total. The Morgan fingerprint density at radius 3 is 2.79 bits per heavy atom. The smallest absolute Gasteiger partial charge is 0.334 e. The third-order valence-electron chi connectivity index (χ3n) is 3.35. The van der Waals surface area contributed by atoms with E-state index in [-0.39, 0.29) is 0 Å². The number of hydrogen-bond acceptors (Lipinski definition) is 4. The van der Waals surface area contributed by atoms with Gasteiger partial charge in [0.15, 0.2) is 6.10 Å². The molecule has 1 aliphatic heterocycles. The zero-order valence-electron chi connectivity index (χ0n) is 11.0. The van der Waals surface area contributed by atoms with E-state index < -0.39 is 17.7 Å². The maximum Gasteiger partial charge on any atom is 0.334 e. The Labute approximate surface area is 112 Å². The van der Waals surface area contributed by atoms with Crippen LogP contribution in [0.1, 0.15) is 12.5 Å². The van der Waals surface area contributed by atoms with Crippen LogP contribution >= 0.6 is 0 Å². The predicted octanol–water partition coefficient (Wildman–Crippen LogP) is 0.679. The Bertz CT molecular complexity index is 432. The zero-order valence-corrected chi connectivity index (χ0v) is 11.0. The number of morpholine rings is 1. The van der Waals surface area contributed by atoms with Gasteiger partial charge in [0.2, 0.25) is 0 Å². The van der Waals surface area contributed by atoms with Crippen molar-refractivity contribution in [2.75, 3.05) is 26.2 Å². The minimum absolute atomic E-state index is 0.304. The van der Waals surface area contributed by atoms with Crippen molar-refractivity contribution in [1.29, 1.82) is 0 Å². The standard InChI is InChI=1S/C14H19NO4/c1-14(18,11-5-3-2-4-6-11)10-15-7-8-19-12(9-15)13(16)17/h2-6,12,18H,7-10H2,1H3,(H,16,17). The summed E-state index contributed by atoms with van der Waals surface area (Å²) in [6.07, 6.45) is -0.805. The molecule has 1 aromatic carbocycles. The van der Waals surface area contributed by atoms with Gasteiger partial charge in [-0.05, 0) is 12.5 Å². The number of hydrogen-bond donors (Lipinski definition) is 2. The van der Waals surface area contributed by atoms with Crippen LogP contribution in [0.15, 0.2) is 30.3 Å². The van der Waals surface area contributed by atoms with Gasteiger partial charge in [0.25, 0.3) is 0 Å². The van der Waals surface area contributed by atoms with Gasteiger partial charge < -0.3 is 14.9 Å². The molecule has 0 radical (unpaired) electrons. The fraction of sp³-hybridized carbons (Fsp3) is 0.500. The van der Waals surface area contributed by atoms with Crippen LogP contribution in [-0.2, 0) is 15.1 Å². The third-order valence-corrected chi connectivity index (χ3v) is 3.35. The van der Waals surface area contributed by atoms with E-state index in [1.807, 2.05) is 35.2 Å². The van der Waals surface area contributed by atoms with Crippen LogP contribution in [-0.4, -0.2) is 53.4 Å². The normalized spacial score (nSPS) is 23.8. The van der Waals surface area contributed by atoms with E-state index in [1.54, 1.807) is 6.92 Å². The lowest BCUT2D eigenvalue weighted by molar-refractivity contribution is -0.157. The fourth-order valence-corrected chi connectivity index (χ4v) is 2.32. The first-order valence-electron chi connectivity index (χ1n) is 6.34. The molecule has 0 aromatic heterocycles. The van der Waals surface area contributed by atoms with E-state index >= 15 is 0 Å². The van der Waals surface area contributed by atoms with Gasteiger partial charge in [-0.3, -0.25) is 4.90 Å². The Hall–Kier alpha value is -1.43. The van der Waals surface area contributed by atoms with Gasteiger partial charge in [-0.25, -0.2) is 4.79 Å². The van der Waals surface area contributed by atoms with Crippen LogP contribution < -0.4 is 0 Å². The molecule has 2 atom stereocenters. The quantitative estimate of drug-likeness (QED) is 0.837. The number of carboxylic acids is 1. The SMILES string of the molecule is CC(O)(CN1CCOC(C(=O)O)C1)c1ccccc1. The average molecular weight is 265 g/mol. The second-order valence-electron chi connectivity index (χ2n) is 5.07. The predicted molar refractivity (Wildman–Crippen MR) is 69.8 cm³/mol. The lowest BCUT2D eigenvalue weighted by atomic mass is 9.95. The third kappa shape index (κ3) is 3.53. The van der Waals surface area contributed by atoms with Crippen LogP contribution in [0.4, 0.5) is 0 Å². The van der Waals surface area contributed by atoms with Crippen LogP contribution in [0, 0.1) is 0 Å². The van der Waals surface area contributed by atoms with Crippen molar-refractivity contribution in [3.63, 3.8) is 0 Å². The van der Waals surface area contributed by atoms with Crippen LogP contribution in [0.2, 0.25) is 0 Å². The van der Waals surface area contributed by atoms with E-state index in [0.29, 0.717) is 26.2 Å². The highest BCUT2D eigenvalue weighted by molar-refractivity contribution is 5.72. The minimum atomic E-state index is -0.998.